The summed E-state index contributed by atoms with van der Waals surface area (Å²) < 4.78 is 39.8. The van der Waals surface area contributed by atoms with E-state index in [4.69, 9.17) is 0 Å². The smallest absolute Gasteiger partial charge is 0.353 e. The van der Waals surface area contributed by atoms with Gasteiger partial charge >= 0.3 is 6.18 Å². The molecule has 1 heterocycles. The van der Waals surface area contributed by atoms with Crippen LogP contribution in [0.3, 0.4) is 0 Å². The van der Waals surface area contributed by atoms with Crippen LogP contribution >= 0.6 is 0 Å². The Morgan fingerprint density at radius 2 is 1.95 bits per heavy atom. The quantitative estimate of drug-likeness (QED) is 0.821. The zero-order chi connectivity index (χ0) is 15.0. The number of alkyl halides is 3. The Labute approximate surface area is 117 Å². The first kappa shape index (κ1) is 15.6. The van der Waals surface area contributed by atoms with E-state index in [0.29, 0.717) is 11.8 Å². The number of rotatable bonds is 2. The van der Waals surface area contributed by atoms with Gasteiger partial charge in [-0.1, -0.05) is 13.8 Å². The van der Waals surface area contributed by atoms with Crippen LogP contribution in [0, 0.1) is 17.3 Å². The Bertz CT molecular complexity index is 364. The van der Waals surface area contributed by atoms with Crippen molar-refractivity contribution in [1.82, 2.24) is 10.6 Å². The molecule has 1 aliphatic heterocycles. The minimum atomic E-state index is -4.49. The van der Waals surface area contributed by atoms with Crippen LogP contribution in [-0.2, 0) is 4.79 Å². The van der Waals surface area contributed by atoms with Gasteiger partial charge in [0.1, 0.15) is 0 Å². The van der Waals surface area contributed by atoms with E-state index >= 15 is 0 Å². The molecule has 3 nitrogen and oxygen atoms in total. The lowest BCUT2D eigenvalue weighted by molar-refractivity contribution is -0.216. The van der Waals surface area contributed by atoms with E-state index < -0.39 is 17.5 Å². The highest BCUT2D eigenvalue weighted by molar-refractivity contribution is 5.84. The van der Waals surface area contributed by atoms with Crippen molar-refractivity contribution < 1.29 is 18.0 Å². The first-order valence-corrected chi connectivity index (χ1v) is 7.34. The molecule has 2 aliphatic rings. The molecular weight excluding hydrogens is 269 g/mol. The number of amides is 1. The summed E-state index contributed by atoms with van der Waals surface area (Å²) in [6.07, 6.45) is -2.15. The summed E-state index contributed by atoms with van der Waals surface area (Å²) in [5, 5.41) is 5.33. The highest BCUT2D eigenvalue weighted by Gasteiger charge is 2.61. The third kappa shape index (κ3) is 2.80. The van der Waals surface area contributed by atoms with E-state index in [1.54, 1.807) is 0 Å². The molecule has 2 rings (SSSR count). The van der Waals surface area contributed by atoms with Crippen LogP contribution in [0.1, 0.15) is 39.5 Å². The van der Waals surface area contributed by atoms with Crippen molar-refractivity contribution in [1.29, 1.82) is 0 Å². The van der Waals surface area contributed by atoms with Gasteiger partial charge in [0, 0.05) is 12.6 Å². The molecule has 0 aromatic carbocycles. The van der Waals surface area contributed by atoms with Gasteiger partial charge in [-0.3, -0.25) is 4.79 Å². The summed E-state index contributed by atoms with van der Waals surface area (Å²) in [5.41, 5.74) is -2.24. The third-order valence-electron chi connectivity index (χ3n) is 5.07. The van der Waals surface area contributed by atoms with Crippen molar-refractivity contribution in [2.75, 3.05) is 13.1 Å². The van der Waals surface area contributed by atoms with Crippen LogP contribution in [-0.4, -0.2) is 31.2 Å². The monoisotopic (exact) mass is 292 g/mol. The molecule has 0 aromatic heterocycles. The van der Waals surface area contributed by atoms with E-state index in [1.807, 2.05) is 0 Å². The van der Waals surface area contributed by atoms with Crippen molar-refractivity contribution in [2.45, 2.75) is 51.7 Å². The Morgan fingerprint density at radius 1 is 1.25 bits per heavy atom. The average molecular weight is 292 g/mol. The molecule has 0 aromatic rings. The molecule has 20 heavy (non-hydrogen) atoms. The molecule has 1 saturated heterocycles. The van der Waals surface area contributed by atoms with Crippen LogP contribution in [0.5, 0.6) is 0 Å². The van der Waals surface area contributed by atoms with E-state index in [1.165, 1.54) is 0 Å². The third-order valence-corrected chi connectivity index (χ3v) is 5.07. The summed E-state index contributed by atoms with van der Waals surface area (Å²) in [4.78, 5) is 12.2. The summed E-state index contributed by atoms with van der Waals surface area (Å²) in [5.74, 6) is 0.173. The van der Waals surface area contributed by atoms with Crippen LogP contribution in [0.25, 0.3) is 0 Å². The Morgan fingerprint density at radius 3 is 2.45 bits per heavy atom. The van der Waals surface area contributed by atoms with E-state index in [0.717, 1.165) is 19.3 Å². The zero-order valence-corrected chi connectivity index (χ0v) is 12.0. The molecule has 4 unspecified atom stereocenters. The van der Waals surface area contributed by atoms with Crippen molar-refractivity contribution >= 4 is 5.91 Å². The normalized spacial score (nSPS) is 38.8. The second kappa shape index (κ2) is 5.54. The summed E-state index contributed by atoms with van der Waals surface area (Å²) >= 11 is 0. The van der Waals surface area contributed by atoms with Gasteiger partial charge in [0.25, 0.3) is 0 Å². The average Bonchev–Trinajstić information content (AvgIpc) is 2.84. The second-order valence-electron chi connectivity index (χ2n) is 6.44. The molecule has 1 amide bonds. The fourth-order valence-corrected chi connectivity index (χ4v) is 3.26. The molecular formula is C14H23F3N2O. The SMILES string of the molecule is CC1CCC(NC(=O)C2(C(F)(F)F)CCNC2)CC1C. The topological polar surface area (TPSA) is 41.1 Å². The molecule has 6 heteroatoms. The lowest BCUT2D eigenvalue weighted by Crippen LogP contribution is -2.55. The van der Waals surface area contributed by atoms with Crippen molar-refractivity contribution in [3.63, 3.8) is 0 Å². The van der Waals surface area contributed by atoms with Crippen molar-refractivity contribution in [3.8, 4) is 0 Å². The fraction of sp³-hybridized carbons (Fsp3) is 0.929. The highest BCUT2D eigenvalue weighted by Crippen LogP contribution is 2.43. The number of nitrogens with one attached hydrogen (secondary N) is 2. The van der Waals surface area contributed by atoms with Gasteiger partial charge < -0.3 is 10.6 Å². The minimum Gasteiger partial charge on any atom is -0.353 e. The lowest BCUT2D eigenvalue weighted by atomic mass is 9.78. The number of carbonyl (C=O) groups excluding carboxylic acids is 1. The van der Waals surface area contributed by atoms with Crippen LogP contribution < -0.4 is 10.6 Å². The van der Waals surface area contributed by atoms with Gasteiger partial charge in [-0.25, -0.2) is 0 Å². The maximum absolute atomic E-state index is 13.3. The van der Waals surface area contributed by atoms with Gasteiger partial charge in [-0.05, 0) is 44.1 Å². The Balaban J connectivity index is 2.03. The number of halogens is 3. The maximum Gasteiger partial charge on any atom is 0.404 e. The Hall–Kier alpha value is -0.780. The van der Waals surface area contributed by atoms with Gasteiger partial charge in [-0.15, -0.1) is 0 Å². The standard InChI is InChI=1S/C14H23F3N2O/c1-9-3-4-11(7-10(9)2)19-12(20)13(14(15,16)17)5-6-18-8-13/h9-11,18H,3-8H2,1-2H3,(H,19,20). The molecule has 1 saturated carbocycles. The van der Waals surface area contributed by atoms with Crippen LogP contribution in [0.4, 0.5) is 13.2 Å². The van der Waals surface area contributed by atoms with Gasteiger partial charge in [0.05, 0.1) is 0 Å². The molecule has 0 radical (unpaired) electrons. The predicted molar refractivity (Wildman–Crippen MR) is 70.1 cm³/mol. The summed E-state index contributed by atoms with van der Waals surface area (Å²) in [6.45, 7) is 4.19. The van der Waals surface area contributed by atoms with E-state index in [9.17, 15) is 18.0 Å². The summed E-state index contributed by atoms with van der Waals surface area (Å²) in [6, 6.07) is -0.117. The minimum absolute atomic E-state index is 0.117. The maximum atomic E-state index is 13.3. The lowest BCUT2D eigenvalue weighted by Gasteiger charge is -2.36. The second-order valence-corrected chi connectivity index (χ2v) is 6.44. The number of hydrogen-bond acceptors (Lipinski definition) is 2. The largest absolute Gasteiger partial charge is 0.404 e. The van der Waals surface area contributed by atoms with E-state index in [-0.39, 0.29) is 25.6 Å². The van der Waals surface area contributed by atoms with Gasteiger partial charge in [-0.2, -0.15) is 13.2 Å². The molecule has 0 bridgehead atoms. The van der Waals surface area contributed by atoms with Crippen LogP contribution in [0.2, 0.25) is 0 Å². The van der Waals surface area contributed by atoms with Gasteiger partial charge in [0.15, 0.2) is 5.41 Å². The molecule has 2 fully saturated rings. The first-order chi connectivity index (χ1) is 9.26. The van der Waals surface area contributed by atoms with Crippen molar-refractivity contribution in [3.05, 3.63) is 0 Å². The zero-order valence-electron chi connectivity index (χ0n) is 12.0. The Kier molecular flexibility index (Phi) is 4.33. The first-order valence-electron chi connectivity index (χ1n) is 7.34. The fourth-order valence-electron chi connectivity index (χ4n) is 3.26. The molecule has 116 valence electrons. The molecule has 4 atom stereocenters. The highest BCUT2D eigenvalue weighted by atomic mass is 19.4. The molecule has 1 aliphatic carbocycles. The number of hydrogen-bond donors (Lipinski definition) is 2. The van der Waals surface area contributed by atoms with Gasteiger partial charge in [0.2, 0.25) is 5.91 Å². The van der Waals surface area contributed by atoms with Crippen molar-refractivity contribution in [2.24, 2.45) is 17.3 Å². The summed E-state index contributed by atoms with van der Waals surface area (Å²) in [7, 11) is 0. The van der Waals surface area contributed by atoms with Crippen LogP contribution in [0.15, 0.2) is 0 Å². The molecule has 2 N–H and O–H groups in total. The molecule has 0 spiro atoms. The predicted octanol–water partition coefficient (Wildman–Crippen LogP) is 2.47. The number of carbonyl (C=O) groups is 1. The van der Waals surface area contributed by atoms with E-state index in [2.05, 4.69) is 24.5 Å².